The summed E-state index contributed by atoms with van der Waals surface area (Å²) in [5.41, 5.74) is 4.28. The number of nitrogens with zero attached hydrogens (tertiary/aromatic N) is 2. The third kappa shape index (κ3) is 3.66. The van der Waals surface area contributed by atoms with Crippen LogP contribution in [0.25, 0.3) is 0 Å². The maximum Gasteiger partial charge on any atom is 0.223 e. The lowest BCUT2D eigenvalue weighted by Crippen LogP contribution is -2.25. The minimum absolute atomic E-state index is 0.0737. The minimum Gasteiger partial charge on any atom is -0.387 e. The van der Waals surface area contributed by atoms with Crippen molar-refractivity contribution in [2.75, 3.05) is 25.0 Å². The van der Waals surface area contributed by atoms with Gasteiger partial charge in [-0.1, -0.05) is 42.5 Å². The molecule has 1 N–H and O–H groups in total. The smallest absolute Gasteiger partial charge is 0.223 e. The normalized spacial score (nSPS) is 14.8. The van der Waals surface area contributed by atoms with E-state index in [0.29, 0.717) is 6.54 Å². The van der Waals surface area contributed by atoms with E-state index < -0.39 is 6.10 Å². The molecule has 2 aromatic carbocycles. The lowest BCUT2D eigenvalue weighted by molar-refractivity contribution is -0.116. The number of aliphatic hydroxyl groups is 1. The fourth-order valence-corrected chi connectivity index (χ4v) is 3.32. The Labute approximate surface area is 143 Å². The molecule has 1 aliphatic heterocycles. The fourth-order valence-electron chi connectivity index (χ4n) is 3.32. The van der Waals surface area contributed by atoms with Crippen molar-refractivity contribution in [1.82, 2.24) is 4.90 Å². The highest BCUT2D eigenvalue weighted by Gasteiger charge is 2.23. The Bertz CT molecular complexity index is 715. The zero-order chi connectivity index (χ0) is 17.1. The van der Waals surface area contributed by atoms with Gasteiger partial charge < -0.3 is 10.0 Å². The lowest BCUT2D eigenvalue weighted by Gasteiger charge is -2.22. The van der Waals surface area contributed by atoms with Crippen LogP contribution in [0.2, 0.25) is 0 Å². The number of likely N-dealkylation sites (N-methyl/N-ethyl adjacent to an activating group) is 1. The Balaban J connectivity index is 1.65. The van der Waals surface area contributed by atoms with Crippen molar-refractivity contribution in [2.24, 2.45) is 0 Å². The van der Waals surface area contributed by atoms with E-state index in [4.69, 9.17) is 0 Å². The van der Waals surface area contributed by atoms with E-state index in [0.717, 1.165) is 36.3 Å². The number of fused-ring (bicyclic) bond motifs is 1. The molecule has 0 saturated heterocycles. The van der Waals surface area contributed by atoms with Gasteiger partial charge in [-0.3, -0.25) is 9.69 Å². The van der Waals surface area contributed by atoms with Gasteiger partial charge in [-0.2, -0.15) is 0 Å². The van der Waals surface area contributed by atoms with Crippen LogP contribution in [0.3, 0.4) is 0 Å². The first-order valence-electron chi connectivity index (χ1n) is 8.36. The van der Waals surface area contributed by atoms with Crippen molar-refractivity contribution >= 4 is 11.6 Å². The number of anilines is 1. The SMILES string of the molecule is CC(=O)N1CCc2cc(C(O)CN(C)Cc3ccccc3)ccc21. The Morgan fingerprint density at radius 2 is 2.00 bits per heavy atom. The standard InChI is InChI=1S/C20H24N2O2/c1-15(23)22-11-10-17-12-18(8-9-19(17)22)20(24)14-21(2)13-16-6-4-3-5-7-16/h3-9,12,20,24H,10-11,13-14H2,1-2H3. The maximum atomic E-state index is 11.6. The molecule has 1 unspecified atom stereocenters. The second-order valence-corrected chi connectivity index (χ2v) is 6.51. The van der Waals surface area contributed by atoms with Crippen LogP contribution in [0.1, 0.15) is 29.7 Å². The fraction of sp³-hybridized carbons (Fsp3) is 0.350. The number of benzene rings is 2. The summed E-state index contributed by atoms with van der Waals surface area (Å²) in [6.07, 6.45) is 0.324. The van der Waals surface area contributed by atoms with Crippen molar-refractivity contribution in [3.8, 4) is 0 Å². The van der Waals surface area contributed by atoms with Gasteiger partial charge in [-0.25, -0.2) is 0 Å². The van der Waals surface area contributed by atoms with E-state index in [1.54, 1.807) is 11.8 Å². The van der Waals surface area contributed by atoms with Gasteiger partial charge in [-0.05, 0) is 36.2 Å². The van der Waals surface area contributed by atoms with Crippen molar-refractivity contribution in [2.45, 2.75) is 26.0 Å². The number of carbonyl (C=O) groups is 1. The van der Waals surface area contributed by atoms with Crippen LogP contribution in [0.15, 0.2) is 48.5 Å². The summed E-state index contributed by atoms with van der Waals surface area (Å²) in [5, 5.41) is 10.6. The molecular weight excluding hydrogens is 300 g/mol. The summed E-state index contributed by atoms with van der Waals surface area (Å²) >= 11 is 0. The number of aliphatic hydroxyl groups excluding tert-OH is 1. The molecule has 0 aromatic heterocycles. The molecule has 0 saturated carbocycles. The molecule has 4 nitrogen and oxygen atoms in total. The molecule has 126 valence electrons. The summed E-state index contributed by atoms with van der Waals surface area (Å²) in [6, 6.07) is 16.2. The molecule has 0 spiro atoms. The molecule has 0 bridgehead atoms. The first-order valence-corrected chi connectivity index (χ1v) is 8.36. The number of hydrogen-bond donors (Lipinski definition) is 1. The number of carbonyl (C=O) groups excluding carboxylic acids is 1. The van der Waals surface area contributed by atoms with Crippen LogP contribution in [0.4, 0.5) is 5.69 Å². The Morgan fingerprint density at radius 1 is 1.25 bits per heavy atom. The maximum absolute atomic E-state index is 11.6. The van der Waals surface area contributed by atoms with Gasteiger partial charge in [0.2, 0.25) is 5.91 Å². The molecule has 0 aliphatic carbocycles. The molecule has 1 atom stereocenters. The molecule has 4 heteroatoms. The number of rotatable bonds is 5. The quantitative estimate of drug-likeness (QED) is 0.920. The first-order chi connectivity index (χ1) is 11.5. The van der Waals surface area contributed by atoms with Gasteiger partial charge >= 0.3 is 0 Å². The predicted octanol–water partition coefficient (Wildman–Crippen LogP) is 2.76. The summed E-state index contributed by atoms with van der Waals surface area (Å²) in [6.45, 7) is 3.71. The molecule has 2 aromatic rings. The third-order valence-electron chi connectivity index (χ3n) is 4.54. The summed E-state index contributed by atoms with van der Waals surface area (Å²) < 4.78 is 0. The van der Waals surface area contributed by atoms with Gasteiger partial charge in [0.05, 0.1) is 6.10 Å². The zero-order valence-corrected chi connectivity index (χ0v) is 14.3. The minimum atomic E-state index is -0.532. The third-order valence-corrected chi connectivity index (χ3v) is 4.54. The molecule has 1 amide bonds. The topological polar surface area (TPSA) is 43.8 Å². The second kappa shape index (κ2) is 7.16. The van der Waals surface area contributed by atoms with E-state index in [9.17, 15) is 9.90 Å². The predicted molar refractivity (Wildman–Crippen MR) is 95.9 cm³/mol. The van der Waals surface area contributed by atoms with E-state index in [2.05, 4.69) is 17.0 Å². The van der Waals surface area contributed by atoms with E-state index >= 15 is 0 Å². The highest BCUT2D eigenvalue weighted by atomic mass is 16.3. The number of amides is 1. The van der Waals surface area contributed by atoms with Gasteiger partial charge in [0.1, 0.15) is 0 Å². The second-order valence-electron chi connectivity index (χ2n) is 6.51. The van der Waals surface area contributed by atoms with E-state index in [-0.39, 0.29) is 5.91 Å². The zero-order valence-electron chi connectivity index (χ0n) is 14.3. The average Bonchev–Trinajstić information content (AvgIpc) is 2.98. The first kappa shape index (κ1) is 16.7. The van der Waals surface area contributed by atoms with Crippen LogP contribution in [0.5, 0.6) is 0 Å². The van der Waals surface area contributed by atoms with Gasteiger partial charge in [0.25, 0.3) is 0 Å². The van der Waals surface area contributed by atoms with Crippen molar-refractivity contribution < 1.29 is 9.90 Å². The molecular formula is C20H24N2O2. The Kier molecular flexibility index (Phi) is 4.97. The van der Waals surface area contributed by atoms with Gasteiger partial charge in [0.15, 0.2) is 0 Å². The average molecular weight is 324 g/mol. The highest BCUT2D eigenvalue weighted by molar-refractivity contribution is 5.93. The molecule has 0 radical (unpaired) electrons. The molecule has 1 aliphatic rings. The highest BCUT2D eigenvalue weighted by Crippen LogP contribution is 2.30. The lowest BCUT2D eigenvalue weighted by atomic mass is 10.0. The van der Waals surface area contributed by atoms with Crippen LogP contribution in [-0.2, 0) is 17.8 Å². The molecule has 24 heavy (non-hydrogen) atoms. The summed E-state index contributed by atoms with van der Waals surface area (Å²) in [4.78, 5) is 15.5. The van der Waals surface area contributed by atoms with Gasteiger partial charge in [-0.15, -0.1) is 0 Å². The Hall–Kier alpha value is -2.17. The number of hydrogen-bond acceptors (Lipinski definition) is 3. The molecule has 3 rings (SSSR count). The summed E-state index contributed by atoms with van der Waals surface area (Å²) in [5.74, 6) is 0.0737. The monoisotopic (exact) mass is 324 g/mol. The van der Waals surface area contributed by atoms with E-state index in [1.807, 2.05) is 43.4 Å². The van der Waals surface area contributed by atoms with Crippen LogP contribution in [0, 0.1) is 0 Å². The largest absolute Gasteiger partial charge is 0.387 e. The van der Waals surface area contributed by atoms with Crippen LogP contribution < -0.4 is 4.90 Å². The van der Waals surface area contributed by atoms with Crippen LogP contribution in [-0.4, -0.2) is 36.1 Å². The molecule has 0 fully saturated rings. The van der Waals surface area contributed by atoms with E-state index in [1.165, 1.54) is 5.56 Å². The van der Waals surface area contributed by atoms with Gasteiger partial charge in [0, 0.05) is 32.2 Å². The van der Waals surface area contributed by atoms with Crippen molar-refractivity contribution in [3.63, 3.8) is 0 Å². The van der Waals surface area contributed by atoms with Crippen molar-refractivity contribution in [3.05, 3.63) is 65.2 Å². The van der Waals surface area contributed by atoms with Crippen molar-refractivity contribution in [1.29, 1.82) is 0 Å². The molecule has 1 heterocycles. The summed E-state index contributed by atoms with van der Waals surface area (Å²) in [7, 11) is 2.01. The Morgan fingerprint density at radius 3 is 2.71 bits per heavy atom. The van der Waals surface area contributed by atoms with Crippen LogP contribution >= 0.6 is 0 Å².